The van der Waals surface area contributed by atoms with E-state index in [0.717, 1.165) is 5.56 Å². The van der Waals surface area contributed by atoms with E-state index in [1.807, 2.05) is 23.1 Å². The van der Waals surface area contributed by atoms with Crippen molar-refractivity contribution >= 4 is 0 Å². The highest BCUT2D eigenvalue weighted by molar-refractivity contribution is 5.55. The van der Waals surface area contributed by atoms with Gasteiger partial charge >= 0.3 is 0 Å². The molecule has 0 saturated carbocycles. The number of halogens is 1. The fourth-order valence-corrected chi connectivity index (χ4v) is 3.50. The number of rotatable bonds is 4. The number of nitrogens with zero attached hydrogens (tertiary/aromatic N) is 4. The highest BCUT2D eigenvalue weighted by Gasteiger charge is 2.36. The fraction of sp³-hybridized carbons (Fsp3) is 0.286. The predicted octanol–water partition coefficient (Wildman–Crippen LogP) is 3.36. The molecule has 1 saturated heterocycles. The minimum absolute atomic E-state index is 0.239. The predicted molar refractivity (Wildman–Crippen MR) is 99.4 cm³/mol. The van der Waals surface area contributed by atoms with Crippen molar-refractivity contribution in [2.75, 3.05) is 6.54 Å². The SMILES string of the molecule is Cc1ccc(-c2noc([C@@H]3C[C@@H](O)CN3Cc3cccc(C#N)c3)n2)cc1F. The van der Waals surface area contributed by atoms with E-state index in [9.17, 15) is 9.50 Å². The standard InChI is InChI=1S/C21H19FN4O2/c1-13-5-6-16(8-18(13)22)20-24-21(28-25-20)19-9-17(27)12-26(19)11-15-4-2-3-14(7-15)10-23/h2-8,17,19,27H,9,11-12H2,1H3/t17-,19+/m1/s1. The second-order valence-corrected chi connectivity index (χ2v) is 7.07. The lowest BCUT2D eigenvalue weighted by atomic mass is 10.1. The Hall–Kier alpha value is -3.08. The molecule has 0 bridgehead atoms. The lowest BCUT2D eigenvalue weighted by Gasteiger charge is -2.21. The molecule has 4 rings (SSSR count). The number of aryl methyl sites for hydroxylation is 1. The summed E-state index contributed by atoms with van der Waals surface area (Å²) in [4.78, 5) is 6.49. The van der Waals surface area contributed by atoms with Crippen LogP contribution in [0.1, 0.15) is 35.0 Å². The number of hydrogen-bond acceptors (Lipinski definition) is 6. The van der Waals surface area contributed by atoms with Gasteiger partial charge in [-0.2, -0.15) is 10.2 Å². The van der Waals surface area contributed by atoms with Crippen molar-refractivity contribution in [3.63, 3.8) is 0 Å². The molecule has 28 heavy (non-hydrogen) atoms. The molecule has 0 unspecified atom stereocenters. The first-order valence-corrected chi connectivity index (χ1v) is 9.05. The molecule has 2 heterocycles. The summed E-state index contributed by atoms with van der Waals surface area (Å²) in [5.41, 5.74) is 2.66. The molecule has 7 heteroatoms. The smallest absolute Gasteiger partial charge is 0.244 e. The van der Waals surface area contributed by atoms with Crippen molar-refractivity contribution in [1.82, 2.24) is 15.0 Å². The number of likely N-dealkylation sites (tertiary alicyclic amines) is 1. The van der Waals surface area contributed by atoms with Crippen LogP contribution in [0, 0.1) is 24.1 Å². The molecule has 6 nitrogen and oxygen atoms in total. The Balaban J connectivity index is 1.57. The second-order valence-electron chi connectivity index (χ2n) is 7.07. The fourth-order valence-electron chi connectivity index (χ4n) is 3.50. The molecule has 3 aromatic rings. The van der Waals surface area contributed by atoms with E-state index in [-0.39, 0.29) is 11.9 Å². The molecule has 142 valence electrons. The number of hydrogen-bond donors (Lipinski definition) is 1. The number of benzene rings is 2. The van der Waals surface area contributed by atoms with Crippen molar-refractivity contribution in [2.45, 2.75) is 32.0 Å². The molecule has 1 N–H and O–H groups in total. The third-order valence-corrected chi connectivity index (χ3v) is 4.98. The third kappa shape index (κ3) is 3.65. The maximum absolute atomic E-state index is 13.8. The third-order valence-electron chi connectivity index (χ3n) is 4.98. The number of nitriles is 1. The average molecular weight is 378 g/mol. The maximum Gasteiger partial charge on any atom is 0.244 e. The molecular weight excluding hydrogens is 359 g/mol. The van der Waals surface area contributed by atoms with Gasteiger partial charge in [0, 0.05) is 18.7 Å². The van der Waals surface area contributed by atoms with E-state index in [1.165, 1.54) is 6.07 Å². The zero-order chi connectivity index (χ0) is 19.7. The zero-order valence-electron chi connectivity index (χ0n) is 15.3. The molecule has 1 fully saturated rings. The topological polar surface area (TPSA) is 86.2 Å². The Morgan fingerprint density at radius 2 is 2.18 bits per heavy atom. The van der Waals surface area contributed by atoms with Crippen LogP contribution in [0.4, 0.5) is 4.39 Å². The molecule has 2 atom stereocenters. The van der Waals surface area contributed by atoms with Gasteiger partial charge < -0.3 is 9.63 Å². The van der Waals surface area contributed by atoms with Gasteiger partial charge in [0.25, 0.3) is 0 Å². The van der Waals surface area contributed by atoms with Crippen LogP contribution in [-0.2, 0) is 6.54 Å². The Kier molecular flexibility index (Phi) is 4.90. The van der Waals surface area contributed by atoms with E-state index in [0.29, 0.717) is 47.9 Å². The molecule has 0 aliphatic carbocycles. The van der Waals surface area contributed by atoms with Gasteiger partial charge in [-0.25, -0.2) is 4.39 Å². The Labute approximate surface area is 161 Å². The van der Waals surface area contributed by atoms with Crippen LogP contribution in [0.3, 0.4) is 0 Å². The summed E-state index contributed by atoms with van der Waals surface area (Å²) in [5, 5.41) is 23.2. The number of aliphatic hydroxyl groups excluding tert-OH is 1. The van der Waals surface area contributed by atoms with Crippen molar-refractivity contribution in [1.29, 1.82) is 5.26 Å². The largest absolute Gasteiger partial charge is 0.392 e. The number of aromatic nitrogens is 2. The maximum atomic E-state index is 13.8. The second kappa shape index (κ2) is 7.50. The summed E-state index contributed by atoms with van der Waals surface area (Å²) in [6.07, 6.45) is -0.0294. The number of aliphatic hydroxyl groups is 1. The van der Waals surface area contributed by atoms with Crippen molar-refractivity contribution in [2.24, 2.45) is 0 Å². The van der Waals surface area contributed by atoms with Crippen LogP contribution in [-0.4, -0.2) is 32.8 Å². The van der Waals surface area contributed by atoms with Crippen molar-refractivity contribution in [3.05, 3.63) is 70.9 Å². The molecule has 1 aromatic heterocycles. The van der Waals surface area contributed by atoms with Gasteiger partial charge in [-0.15, -0.1) is 0 Å². The molecule has 2 aromatic carbocycles. The van der Waals surface area contributed by atoms with Crippen LogP contribution in [0.5, 0.6) is 0 Å². The van der Waals surface area contributed by atoms with E-state index in [2.05, 4.69) is 16.2 Å². The first kappa shape index (κ1) is 18.3. The summed E-state index contributed by atoms with van der Waals surface area (Å²) < 4.78 is 19.3. The normalized spacial score (nSPS) is 19.6. The summed E-state index contributed by atoms with van der Waals surface area (Å²) in [5.74, 6) is 0.393. The minimum Gasteiger partial charge on any atom is -0.392 e. The van der Waals surface area contributed by atoms with Gasteiger partial charge in [0.1, 0.15) is 5.82 Å². The Morgan fingerprint density at radius 3 is 2.96 bits per heavy atom. The van der Waals surface area contributed by atoms with Gasteiger partial charge in [-0.05, 0) is 42.7 Å². The summed E-state index contributed by atoms with van der Waals surface area (Å²) in [7, 11) is 0. The average Bonchev–Trinajstić information content (AvgIpc) is 3.31. The minimum atomic E-state index is -0.503. The van der Waals surface area contributed by atoms with Crippen LogP contribution in [0.2, 0.25) is 0 Å². The highest BCUT2D eigenvalue weighted by atomic mass is 19.1. The zero-order valence-corrected chi connectivity index (χ0v) is 15.3. The van der Waals surface area contributed by atoms with Gasteiger partial charge in [0.05, 0.1) is 23.8 Å². The lowest BCUT2D eigenvalue weighted by Crippen LogP contribution is -2.24. The van der Waals surface area contributed by atoms with E-state index in [1.54, 1.807) is 25.1 Å². The Bertz CT molecular complexity index is 1040. The molecule has 0 radical (unpaired) electrons. The lowest BCUT2D eigenvalue weighted by molar-refractivity contribution is 0.169. The molecular formula is C21H19FN4O2. The van der Waals surface area contributed by atoms with E-state index in [4.69, 9.17) is 9.78 Å². The molecule has 0 amide bonds. The van der Waals surface area contributed by atoms with Gasteiger partial charge in [0.2, 0.25) is 11.7 Å². The number of β-amino-alcohol motifs (C(OH)–C–C–N with tert-alkyl or cyclic N) is 1. The van der Waals surface area contributed by atoms with Crippen molar-refractivity contribution < 1.29 is 14.0 Å². The summed E-state index contributed by atoms with van der Waals surface area (Å²) >= 11 is 0. The van der Waals surface area contributed by atoms with Gasteiger partial charge in [-0.3, -0.25) is 4.90 Å². The molecule has 1 aliphatic heterocycles. The summed E-state index contributed by atoms with van der Waals surface area (Å²) in [6.45, 7) is 2.71. The van der Waals surface area contributed by atoms with E-state index >= 15 is 0 Å². The van der Waals surface area contributed by atoms with Crippen LogP contribution in [0.15, 0.2) is 47.0 Å². The molecule has 1 aliphatic rings. The van der Waals surface area contributed by atoms with Crippen LogP contribution in [0.25, 0.3) is 11.4 Å². The van der Waals surface area contributed by atoms with Crippen LogP contribution >= 0.6 is 0 Å². The van der Waals surface area contributed by atoms with Gasteiger partial charge in [-0.1, -0.05) is 29.4 Å². The van der Waals surface area contributed by atoms with Crippen molar-refractivity contribution in [3.8, 4) is 17.5 Å². The first-order valence-electron chi connectivity index (χ1n) is 9.05. The quantitative estimate of drug-likeness (QED) is 0.749. The summed E-state index contributed by atoms with van der Waals surface area (Å²) in [6, 6.07) is 14.1. The van der Waals surface area contributed by atoms with Gasteiger partial charge in [0.15, 0.2) is 0 Å². The highest BCUT2D eigenvalue weighted by Crippen LogP contribution is 2.33. The van der Waals surface area contributed by atoms with Crippen LogP contribution < -0.4 is 0 Å². The van der Waals surface area contributed by atoms with E-state index < -0.39 is 6.10 Å². The Morgan fingerprint density at radius 1 is 1.32 bits per heavy atom. The molecule has 0 spiro atoms. The first-order chi connectivity index (χ1) is 13.5. The monoisotopic (exact) mass is 378 g/mol.